The van der Waals surface area contributed by atoms with Gasteiger partial charge in [-0.2, -0.15) is 0 Å². The Hall–Kier alpha value is -3.09. The molecule has 0 atom stereocenters. The predicted octanol–water partition coefficient (Wildman–Crippen LogP) is 1.39. The van der Waals surface area contributed by atoms with Gasteiger partial charge in [-0.15, -0.1) is 0 Å². The third-order valence-corrected chi connectivity index (χ3v) is 4.15. The summed E-state index contributed by atoms with van der Waals surface area (Å²) in [4.78, 5) is 12.9. The van der Waals surface area contributed by atoms with Crippen molar-refractivity contribution in [1.29, 1.82) is 0 Å². The molecule has 0 heterocycles. The molecule has 0 unspecified atom stereocenters. The lowest BCUT2D eigenvalue weighted by Gasteiger charge is -2.27. The maximum Gasteiger partial charge on any atom is 0.208 e. The van der Waals surface area contributed by atoms with Gasteiger partial charge in [-0.1, -0.05) is 24.3 Å². The van der Waals surface area contributed by atoms with E-state index >= 15 is 0 Å². The topological polar surface area (TPSA) is 136 Å². The smallest absolute Gasteiger partial charge is 0.208 e. The first-order valence-corrected chi connectivity index (χ1v) is 7.69. The number of carbonyl (C=O) groups is 1. The molecule has 1 aliphatic carbocycles. The molecule has 0 aliphatic heterocycles. The second-order valence-corrected chi connectivity index (χ2v) is 6.07. The van der Waals surface area contributed by atoms with Crippen LogP contribution >= 0.6 is 0 Å². The van der Waals surface area contributed by atoms with E-state index in [0.717, 1.165) is 0 Å². The highest BCUT2D eigenvalue weighted by molar-refractivity contribution is 6.12. The van der Waals surface area contributed by atoms with Crippen molar-refractivity contribution in [2.45, 2.75) is 12.2 Å². The van der Waals surface area contributed by atoms with Crippen LogP contribution in [0.2, 0.25) is 0 Å². The third-order valence-electron chi connectivity index (χ3n) is 4.15. The molecular weight excluding hydrogens is 318 g/mol. The Kier molecular flexibility index (Phi) is 4.08. The minimum Gasteiger partial charge on any atom is -0.399 e. The first-order chi connectivity index (χ1) is 11.8. The van der Waals surface area contributed by atoms with E-state index in [1.54, 1.807) is 48.5 Å². The molecule has 0 saturated heterocycles. The monoisotopic (exact) mass is 337 g/mol. The maximum atomic E-state index is 12.9. The second kappa shape index (κ2) is 6.08. The van der Waals surface area contributed by atoms with Crippen LogP contribution < -0.4 is 17.2 Å². The molecule has 2 aromatic carbocycles. The molecule has 0 bridgehead atoms. The van der Waals surface area contributed by atoms with Crippen LogP contribution in [0.4, 0.5) is 11.4 Å². The number of rotatable bonds is 3. The van der Waals surface area contributed by atoms with Crippen LogP contribution in [0.1, 0.15) is 27.9 Å². The van der Waals surface area contributed by atoms with E-state index in [1.165, 1.54) is 6.08 Å². The molecule has 0 spiro atoms. The van der Waals surface area contributed by atoms with E-state index < -0.39 is 5.79 Å². The van der Waals surface area contributed by atoms with E-state index in [1.807, 2.05) is 0 Å². The summed E-state index contributed by atoms with van der Waals surface area (Å²) in [6.07, 6.45) is 2.96. The summed E-state index contributed by atoms with van der Waals surface area (Å²) in [5.74, 6) is -2.40. The fraction of sp³-hybridized carbons (Fsp3) is 0.105. The van der Waals surface area contributed by atoms with E-state index in [-0.39, 0.29) is 17.9 Å². The van der Waals surface area contributed by atoms with Crippen molar-refractivity contribution in [3.63, 3.8) is 0 Å². The Balaban J connectivity index is 2.10. The molecule has 25 heavy (non-hydrogen) atoms. The molecule has 1 aliphatic rings. The van der Waals surface area contributed by atoms with E-state index in [2.05, 4.69) is 0 Å². The molecule has 6 nitrogen and oxygen atoms in total. The first kappa shape index (κ1) is 16.8. The van der Waals surface area contributed by atoms with Crippen molar-refractivity contribution < 1.29 is 15.0 Å². The number of anilines is 2. The van der Waals surface area contributed by atoms with E-state index in [4.69, 9.17) is 17.2 Å². The minimum atomic E-state index is -2.15. The van der Waals surface area contributed by atoms with Crippen molar-refractivity contribution in [2.24, 2.45) is 5.73 Å². The van der Waals surface area contributed by atoms with Gasteiger partial charge in [0.15, 0.2) is 5.78 Å². The number of hydrogen-bond donors (Lipinski definition) is 5. The van der Waals surface area contributed by atoms with E-state index in [9.17, 15) is 15.0 Å². The average Bonchev–Trinajstić information content (AvgIpc) is 2.56. The highest BCUT2D eigenvalue weighted by Crippen LogP contribution is 2.34. The summed E-state index contributed by atoms with van der Waals surface area (Å²) in [5, 5.41) is 20.0. The molecule has 3 rings (SSSR count). The number of carbonyl (C=O) groups excluding carboxylic acids is 1. The van der Waals surface area contributed by atoms with Crippen molar-refractivity contribution in [2.75, 3.05) is 11.5 Å². The normalized spacial score (nSPS) is 16.1. The molecule has 8 N–H and O–H groups in total. The summed E-state index contributed by atoms with van der Waals surface area (Å²) >= 11 is 0. The zero-order chi connectivity index (χ0) is 18.2. The lowest BCUT2D eigenvalue weighted by Crippen LogP contribution is -2.36. The van der Waals surface area contributed by atoms with Gasteiger partial charge in [0.1, 0.15) is 0 Å². The van der Waals surface area contributed by atoms with Crippen LogP contribution in [-0.4, -0.2) is 21.8 Å². The van der Waals surface area contributed by atoms with Gasteiger partial charge in [0.25, 0.3) is 0 Å². The molecule has 0 saturated carbocycles. The largest absolute Gasteiger partial charge is 0.399 e. The molecule has 128 valence electrons. The molecule has 0 radical (unpaired) electrons. The molecule has 6 heteroatoms. The van der Waals surface area contributed by atoms with Crippen LogP contribution in [0.5, 0.6) is 0 Å². The average molecular weight is 337 g/mol. The SMILES string of the molecule is NC1=CC=C(c2ccc(N)cc2C(=O)c2cccc(N)c2)CC1(O)O. The molecule has 2 aromatic rings. The quantitative estimate of drug-likeness (QED) is 0.326. The molecular formula is C19H19N3O3. The molecule has 0 amide bonds. The fourth-order valence-electron chi connectivity index (χ4n) is 2.80. The van der Waals surface area contributed by atoms with Gasteiger partial charge in [-0.25, -0.2) is 0 Å². The van der Waals surface area contributed by atoms with Crippen LogP contribution in [0.3, 0.4) is 0 Å². The number of nitrogens with two attached hydrogens (primary N) is 3. The third kappa shape index (κ3) is 3.26. The zero-order valence-corrected chi connectivity index (χ0v) is 13.4. The van der Waals surface area contributed by atoms with Crippen molar-refractivity contribution >= 4 is 22.7 Å². The number of aliphatic hydroxyl groups is 2. The van der Waals surface area contributed by atoms with Gasteiger partial charge in [0.05, 0.1) is 5.70 Å². The second-order valence-electron chi connectivity index (χ2n) is 6.07. The maximum absolute atomic E-state index is 12.9. The highest BCUT2D eigenvalue weighted by atomic mass is 16.5. The van der Waals surface area contributed by atoms with Gasteiger partial charge in [-0.05, 0) is 41.5 Å². The lowest BCUT2D eigenvalue weighted by atomic mass is 9.87. The van der Waals surface area contributed by atoms with Crippen molar-refractivity contribution in [1.82, 2.24) is 0 Å². The van der Waals surface area contributed by atoms with Gasteiger partial charge in [0, 0.05) is 28.9 Å². The summed E-state index contributed by atoms with van der Waals surface area (Å²) < 4.78 is 0. The summed E-state index contributed by atoms with van der Waals surface area (Å²) in [5.41, 5.74) is 20.0. The number of benzene rings is 2. The lowest BCUT2D eigenvalue weighted by molar-refractivity contribution is -0.124. The van der Waals surface area contributed by atoms with Gasteiger partial charge >= 0.3 is 0 Å². The van der Waals surface area contributed by atoms with E-state index in [0.29, 0.717) is 33.6 Å². The summed E-state index contributed by atoms with van der Waals surface area (Å²) in [7, 11) is 0. The Morgan fingerprint density at radius 1 is 0.960 bits per heavy atom. The Labute approximate surface area is 144 Å². The first-order valence-electron chi connectivity index (χ1n) is 7.69. The summed E-state index contributed by atoms with van der Waals surface area (Å²) in [6, 6.07) is 11.6. The van der Waals surface area contributed by atoms with Gasteiger partial charge in [0.2, 0.25) is 5.79 Å². The predicted molar refractivity (Wildman–Crippen MR) is 97.2 cm³/mol. The summed E-state index contributed by atoms with van der Waals surface area (Å²) in [6.45, 7) is 0. The van der Waals surface area contributed by atoms with Crippen LogP contribution in [0, 0.1) is 0 Å². The minimum absolute atomic E-state index is 0.0459. The van der Waals surface area contributed by atoms with Gasteiger partial charge < -0.3 is 27.4 Å². The molecule has 0 fully saturated rings. The van der Waals surface area contributed by atoms with Crippen molar-refractivity contribution in [3.05, 3.63) is 77.0 Å². The van der Waals surface area contributed by atoms with Gasteiger partial charge in [-0.3, -0.25) is 4.79 Å². The van der Waals surface area contributed by atoms with Crippen LogP contribution in [0.15, 0.2) is 60.3 Å². The van der Waals surface area contributed by atoms with Crippen LogP contribution in [0.25, 0.3) is 5.57 Å². The zero-order valence-electron chi connectivity index (χ0n) is 13.4. The highest BCUT2D eigenvalue weighted by Gasteiger charge is 2.32. The Morgan fingerprint density at radius 2 is 1.68 bits per heavy atom. The Bertz CT molecular complexity index is 914. The number of allylic oxidation sites excluding steroid dienone is 2. The molecule has 0 aromatic heterocycles. The number of nitrogen functional groups attached to an aromatic ring is 2. The van der Waals surface area contributed by atoms with Crippen LogP contribution in [-0.2, 0) is 0 Å². The standard InChI is InChI=1S/C19H19N3O3/c20-13-3-1-2-11(8-13)18(23)16-9-14(21)5-6-15(16)12-4-7-17(22)19(24,25)10-12/h1-9,24-25H,10,20-22H2. The number of ketones is 1. The fourth-order valence-corrected chi connectivity index (χ4v) is 2.80. The Morgan fingerprint density at radius 3 is 2.36 bits per heavy atom. The van der Waals surface area contributed by atoms with Crippen molar-refractivity contribution in [3.8, 4) is 0 Å². The number of hydrogen-bond acceptors (Lipinski definition) is 6.